The van der Waals surface area contributed by atoms with Gasteiger partial charge in [0.25, 0.3) is 0 Å². The van der Waals surface area contributed by atoms with Gasteiger partial charge < -0.3 is 5.73 Å². The van der Waals surface area contributed by atoms with Crippen LogP contribution in [0.1, 0.15) is 22.7 Å². The van der Waals surface area contributed by atoms with Crippen LogP contribution in [0, 0.1) is 12.7 Å². The zero-order chi connectivity index (χ0) is 12.4. The number of benzene rings is 1. The van der Waals surface area contributed by atoms with Crippen LogP contribution in [0.3, 0.4) is 0 Å². The maximum atomic E-state index is 13.2. The molecule has 1 aromatic carbocycles. The summed E-state index contributed by atoms with van der Waals surface area (Å²) in [5.41, 5.74) is 8.52. The number of nitrogens with zero attached hydrogens (tertiary/aromatic N) is 1. The number of nitrogens with two attached hydrogens (primary N) is 1. The van der Waals surface area contributed by atoms with E-state index in [1.165, 1.54) is 18.2 Å². The maximum Gasteiger partial charge on any atom is 0.123 e. The molecule has 2 aromatic rings. The molecule has 4 heteroatoms. The molecule has 0 aliphatic heterocycles. The average molecular weight is 251 g/mol. The summed E-state index contributed by atoms with van der Waals surface area (Å²) in [7, 11) is 0. The quantitative estimate of drug-likeness (QED) is 0.889. The Kier molecular flexibility index (Phi) is 3.41. The van der Waals surface area contributed by atoms with E-state index in [-0.39, 0.29) is 5.82 Å². The van der Waals surface area contributed by atoms with Gasteiger partial charge in [-0.2, -0.15) is 0 Å². The van der Waals surface area contributed by atoms with Gasteiger partial charge in [0, 0.05) is 17.4 Å². The normalized spacial score (nSPS) is 12.5. The van der Waals surface area contributed by atoms with Crippen molar-refractivity contribution in [2.45, 2.75) is 13.0 Å². The summed E-state index contributed by atoms with van der Waals surface area (Å²) in [6.45, 7) is 1.93. The summed E-state index contributed by atoms with van der Waals surface area (Å²) in [6.07, 6.45) is 3.37. The molecule has 2 N–H and O–H groups in total. The van der Waals surface area contributed by atoms with Gasteiger partial charge in [0.1, 0.15) is 5.82 Å². The zero-order valence-corrected chi connectivity index (χ0v) is 10.1. The number of hydrogen-bond acceptors (Lipinski definition) is 2. The van der Waals surface area contributed by atoms with Crippen molar-refractivity contribution in [3.8, 4) is 0 Å². The molecular formula is C13H12ClFN2. The van der Waals surface area contributed by atoms with Crippen molar-refractivity contribution in [1.29, 1.82) is 0 Å². The fourth-order valence-corrected chi connectivity index (χ4v) is 1.96. The summed E-state index contributed by atoms with van der Waals surface area (Å²) in [6, 6.07) is 5.58. The molecule has 0 aliphatic rings. The predicted molar refractivity (Wildman–Crippen MR) is 66.4 cm³/mol. The minimum atomic E-state index is -0.466. The van der Waals surface area contributed by atoms with E-state index in [9.17, 15) is 4.39 Å². The molecule has 1 aromatic heterocycles. The van der Waals surface area contributed by atoms with Gasteiger partial charge in [0.2, 0.25) is 0 Å². The number of rotatable bonds is 2. The van der Waals surface area contributed by atoms with Gasteiger partial charge in [-0.25, -0.2) is 4.39 Å². The van der Waals surface area contributed by atoms with Crippen LogP contribution < -0.4 is 5.73 Å². The molecule has 0 saturated heterocycles. The summed E-state index contributed by atoms with van der Waals surface area (Å²) in [5, 5.41) is 0.460. The fraction of sp³-hybridized carbons (Fsp3) is 0.154. The third kappa shape index (κ3) is 2.46. The third-order valence-corrected chi connectivity index (χ3v) is 3.05. The molecule has 17 heavy (non-hydrogen) atoms. The van der Waals surface area contributed by atoms with Gasteiger partial charge in [-0.15, -0.1) is 0 Å². The summed E-state index contributed by atoms with van der Waals surface area (Å²) in [4.78, 5) is 4.03. The Morgan fingerprint density at radius 2 is 2.06 bits per heavy atom. The number of aromatic nitrogens is 1. The van der Waals surface area contributed by atoms with Gasteiger partial charge in [0.05, 0.1) is 6.04 Å². The summed E-state index contributed by atoms with van der Waals surface area (Å²) in [5.74, 6) is -0.346. The summed E-state index contributed by atoms with van der Waals surface area (Å²) >= 11 is 6.03. The van der Waals surface area contributed by atoms with Crippen LogP contribution >= 0.6 is 11.6 Å². The van der Waals surface area contributed by atoms with Crippen molar-refractivity contribution in [1.82, 2.24) is 4.98 Å². The zero-order valence-electron chi connectivity index (χ0n) is 9.32. The molecule has 2 rings (SSSR count). The van der Waals surface area contributed by atoms with Crippen LogP contribution in [-0.4, -0.2) is 4.98 Å². The standard InChI is InChI=1S/C13H12ClFN2/c1-8-4-5-17-7-11(8)13(16)10-6-9(15)2-3-12(10)14/h2-7,13H,16H2,1H3. The van der Waals surface area contributed by atoms with Gasteiger partial charge in [-0.05, 0) is 47.9 Å². The molecule has 0 spiro atoms. The Hall–Kier alpha value is -1.45. The van der Waals surface area contributed by atoms with E-state index in [1.807, 2.05) is 13.0 Å². The second kappa shape index (κ2) is 4.82. The SMILES string of the molecule is Cc1ccncc1C(N)c1cc(F)ccc1Cl. The van der Waals surface area contributed by atoms with Gasteiger partial charge in [0.15, 0.2) is 0 Å². The van der Waals surface area contributed by atoms with Crippen LogP contribution in [0.15, 0.2) is 36.7 Å². The maximum absolute atomic E-state index is 13.2. The van der Waals surface area contributed by atoms with Crippen molar-refractivity contribution in [2.24, 2.45) is 5.73 Å². The minimum Gasteiger partial charge on any atom is -0.320 e. The van der Waals surface area contributed by atoms with Crippen molar-refractivity contribution in [2.75, 3.05) is 0 Å². The van der Waals surface area contributed by atoms with Crippen LogP contribution in [0.2, 0.25) is 5.02 Å². The predicted octanol–water partition coefficient (Wildman–Crippen LogP) is 3.23. The molecule has 0 saturated carbocycles. The summed E-state index contributed by atoms with van der Waals surface area (Å²) < 4.78 is 13.2. The second-order valence-corrected chi connectivity index (χ2v) is 4.28. The second-order valence-electron chi connectivity index (χ2n) is 3.88. The minimum absolute atomic E-state index is 0.346. The van der Waals surface area contributed by atoms with Crippen LogP contribution in [-0.2, 0) is 0 Å². The molecule has 1 unspecified atom stereocenters. The molecular weight excluding hydrogens is 239 g/mol. The lowest BCUT2D eigenvalue weighted by Crippen LogP contribution is -2.14. The molecule has 2 nitrogen and oxygen atoms in total. The molecule has 0 fully saturated rings. The average Bonchev–Trinajstić information content (AvgIpc) is 2.32. The number of halogens is 2. The monoisotopic (exact) mass is 250 g/mol. The van der Waals surface area contributed by atoms with E-state index in [2.05, 4.69) is 4.98 Å². The first-order valence-corrected chi connectivity index (χ1v) is 5.58. The lowest BCUT2D eigenvalue weighted by Gasteiger charge is -2.16. The number of aryl methyl sites for hydroxylation is 1. The molecule has 0 amide bonds. The van der Waals surface area contributed by atoms with Crippen molar-refractivity contribution in [3.05, 3.63) is 64.2 Å². The third-order valence-electron chi connectivity index (χ3n) is 2.71. The van der Waals surface area contributed by atoms with Crippen LogP contribution in [0.5, 0.6) is 0 Å². The largest absolute Gasteiger partial charge is 0.320 e. The Labute approximate surface area is 104 Å². The Morgan fingerprint density at radius 1 is 1.29 bits per heavy atom. The van der Waals surface area contributed by atoms with E-state index in [1.54, 1.807) is 12.4 Å². The van der Waals surface area contributed by atoms with Crippen LogP contribution in [0.4, 0.5) is 4.39 Å². The van der Waals surface area contributed by atoms with Crippen molar-refractivity contribution < 1.29 is 4.39 Å². The highest BCUT2D eigenvalue weighted by atomic mass is 35.5. The van der Waals surface area contributed by atoms with E-state index >= 15 is 0 Å². The van der Waals surface area contributed by atoms with Gasteiger partial charge in [-0.3, -0.25) is 4.98 Å². The number of hydrogen-bond donors (Lipinski definition) is 1. The molecule has 0 bridgehead atoms. The fourth-order valence-electron chi connectivity index (χ4n) is 1.72. The number of pyridine rings is 1. The van der Waals surface area contributed by atoms with Crippen LogP contribution in [0.25, 0.3) is 0 Å². The lowest BCUT2D eigenvalue weighted by molar-refractivity contribution is 0.623. The van der Waals surface area contributed by atoms with E-state index in [4.69, 9.17) is 17.3 Å². The topological polar surface area (TPSA) is 38.9 Å². The smallest absolute Gasteiger partial charge is 0.123 e. The highest BCUT2D eigenvalue weighted by Gasteiger charge is 2.15. The first kappa shape index (κ1) is 12.0. The molecule has 0 radical (unpaired) electrons. The molecule has 1 atom stereocenters. The molecule has 1 heterocycles. The first-order chi connectivity index (χ1) is 8.09. The van der Waals surface area contributed by atoms with Crippen molar-refractivity contribution >= 4 is 11.6 Å². The Morgan fingerprint density at radius 3 is 2.76 bits per heavy atom. The van der Waals surface area contributed by atoms with E-state index in [0.717, 1.165) is 11.1 Å². The highest BCUT2D eigenvalue weighted by molar-refractivity contribution is 6.31. The van der Waals surface area contributed by atoms with Gasteiger partial charge in [-0.1, -0.05) is 11.6 Å². The highest BCUT2D eigenvalue weighted by Crippen LogP contribution is 2.28. The van der Waals surface area contributed by atoms with Crippen molar-refractivity contribution in [3.63, 3.8) is 0 Å². The molecule has 88 valence electrons. The Bertz CT molecular complexity index is 543. The van der Waals surface area contributed by atoms with E-state index in [0.29, 0.717) is 10.6 Å². The Balaban J connectivity index is 2.47. The van der Waals surface area contributed by atoms with E-state index < -0.39 is 6.04 Å². The molecule has 0 aliphatic carbocycles. The lowest BCUT2D eigenvalue weighted by atomic mass is 9.97. The first-order valence-electron chi connectivity index (χ1n) is 5.20. The van der Waals surface area contributed by atoms with Gasteiger partial charge >= 0.3 is 0 Å².